The van der Waals surface area contributed by atoms with Gasteiger partial charge in [-0.1, -0.05) is 25.3 Å². The topological polar surface area (TPSA) is 41.5 Å². The van der Waals surface area contributed by atoms with Crippen molar-refractivity contribution >= 4 is 28.9 Å². The van der Waals surface area contributed by atoms with Crippen molar-refractivity contribution in [3.05, 3.63) is 40.3 Å². The van der Waals surface area contributed by atoms with Gasteiger partial charge in [-0.3, -0.25) is 9.79 Å². The Kier molecular flexibility index (Phi) is 4.57. The highest BCUT2D eigenvalue weighted by atomic mass is 32.2. The fourth-order valence-electron chi connectivity index (χ4n) is 2.64. The molecule has 0 atom stereocenters. The zero-order valence-electron chi connectivity index (χ0n) is 11.9. The Labute approximate surface area is 131 Å². The number of benzene rings is 1. The lowest BCUT2D eigenvalue weighted by molar-refractivity contribution is -0.115. The number of carbonyl (C=O) groups is 1. The minimum atomic E-state index is -0.682. The smallest absolute Gasteiger partial charge is 0.264 e. The van der Waals surface area contributed by atoms with Crippen LogP contribution in [0.15, 0.2) is 28.1 Å². The Balaban J connectivity index is 1.80. The van der Waals surface area contributed by atoms with E-state index in [1.54, 1.807) is 0 Å². The summed E-state index contributed by atoms with van der Waals surface area (Å²) in [6, 6.07) is 3.87. The third-order valence-corrected chi connectivity index (χ3v) is 4.72. The van der Waals surface area contributed by atoms with E-state index in [-0.39, 0.29) is 22.4 Å². The van der Waals surface area contributed by atoms with E-state index >= 15 is 0 Å². The molecule has 2 fully saturated rings. The monoisotopic (exact) mass is 322 g/mol. The minimum absolute atomic E-state index is 0.195. The highest BCUT2D eigenvalue weighted by Gasteiger charge is 2.26. The summed E-state index contributed by atoms with van der Waals surface area (Å²) in [6.45, 7) is 0. The SMILES string of the molecule is O=C1NC(=NC2CCCCC2)S/C1=C/c1c(F)cccc1F. The molecule has 0 unspecified atom stereocenters. The van der Waals surface area contributed by atoms with Crippen molar-refractivity contribution in [1.29, 1.82) is 0 Å². The fourth-order valence-corrected chi connectivity index (χ4v) is 3.52. The van der Waals surface area contributed by atoms with Crippen molar-refractivity contribution < 1.29 is 13.6 Å². The third kappa shape index (κ3) is 3.38. The lowest BCUT2D eigenvalue weighted by Gasteiger charge is -2.17. The Morgan fingerprint density at radius 1 is 1.18 bits per heavy atom. The highest BCUT2D eigenvalue weighted by Crippen LogP contribution is 2.29. The van der Waals surface area contributed by atoms with Crippen LogP contribution in [0.4, 0.5) is 8.78 Å². The van der Waals surface area contributed by atoms with Gasteiger partial charge in [-0.05, 0) is 42.8 Å². The van der Waals surface area contributed by atoms with Gasteiger partial charge in [0.2, 0.25) is 0 Å². The lowest BCUT2D eigenvalue weighted by atomic mass is 9.96. The van der Waals surface area contributed by atoms with Gasteiger partial charge in [0.1, 0.15) is 11.6 Å². The van der Waals surface area contributed by atoms with Gasteiger partial charge in [-0.25, -0.2) is 8.78 Å². The summed E-state index contributed by atoms with van der Waals surface area (Å²) in [7, 11) is 0. The van der Waals surface area contributed by atoms with Gasteiger partial charge in [0.25, 0.3) is 5.91 Å². The second-order valence-electron chi connectivity index (χ2n) is 5.43. The molecule has 1 aliphatic carbocycles. The lowest BCUT2D eigenvalue weighted by Crippen LogP contribution is -2.22. The number of rotatable bonds is 2. The first-order valence-electron chi connectivity index (χ1n) is 7.36. The molecule has 6 heteroatoms. The number of halogens is 2. The molecule has 1 aliphatic heterocycles. The van der Waals surface area contributed by atoms with E-state index in [1.807, 2.05) is 0 Å². The number of amides is 1. The van der Waals surface area contributed by atoms with Crippen LogP contribution in [0.5, 0.6) is 0 Å². The van der Waals surface area contributed by atoms with Crippen LogP contribution in [0.2, 0.25) is 0 Å². The van der Waals surface area contributed by atoms with E-state index < -0.39 is 11.6 Å². The standard InChI is InChI=1S/C16H16F2N2OS/c17-12-7-4-8-13(18)11(12)9-14-15(21)20-16(22-14)19-10-5-2-1-3-6-10/h4,7-10H,1-3,5-6H2,(H,19,20,21)/b14-9+. The third-order valence-electron chi connectivity index (χ3n) is 3.80. The van der Waals surface area contributed by atoms with Crippen LogP contribution < -0.4 is 5.32 Å². The van der Waals surface area contributed by atoms with Crippen LogP contribution in [0, 0.1) is 11.6 Å². The summed E-state index contributed by atoms with van der Waals surface area (Å²) in [4.78, 5) is 16.7. The number of hydrogen-bond donors (Lipinski definition) is 1. The summed E-state index contributed by atoms with van der Waals surface area (Å²) < 4.78 is 27.3. The molecule has 1 heterocycles. The zero-order chi connectivity index (χ0) is 15.5. The fraction of sp³-hybridized carbons (Fsp3) is 0.375. The van der Waals surface area contributed by atoms with E-state index in [0.717, 1.165) is 37.4 Å². The van der Waals surface area contributed by atoms with Gasteiger partial charge < -0.3 is 5.32 Å². The van der Waals surface area contributed by atoms with Gasteiger partial charge in [0.05, 0.1) is 10.9 Å². The zero-order valence-corrected chi connectivity index (χ0v) is 12.8. The van der Waals surface area contributed by atoms with Gasteiger partial charge >= 0.3 is 0 Å². The molecule has 2 aliphatic rings. The Morgan fingerprint density at radius 3 is 2.55 bits per heavy atom. The molecular formula is C16H16F2N2OS. The van der Waals surface area contributed by atoms with Crippen LogP contribution in [0.3, 0.4) is 0 Å². The molecule has 0 radical (unpaired) electrons. The summed E-state index contributed by atoms with van der Waals surface area (Å²) in [6.07, 6.45) is 6.85. The predicted octanol–water partition coefficient (Wildman–Crippen LogP) is 3.86. The molecule has 1 N–H and O–H groups in total. The first-order chi connectivity index (χ1) is 10.6. The number of carbonyl (C=O) groups excluding carboxylic acids is 1. The average molecular weight is 322 g/mol. The van der Waals surface area contributed by atoms with Crippen molar-refractivity contribution in [2.75, 3.05) is 0 Å². The van der Waals surface area contributed by atoms with Crippen molar-refractivity contribution in [1.82, 2.24) is 5.32 Å². The van der Waals surface area contributed by atoms with E-state index in [9.17, 15) is 13.6 Å². The molecule has 1 saturated heterocycles. The van der Waals surface area contributed by atoms with Crippen molar-refractivity contribution in [2.24, 2.45) is 4.99 Å². The molecule has 22 heavy (non-hydrogen) atoms. The van der Waals surface area contributed by atoms with Crippen molar-refractivity contribution in [3.63, 3.8) is 0 Å². The van der Waals surface area contributed by atoms with Crippen LogP contribution in [-0.4, -0.2) is 17.1 Å². The minimum Gasteiger partial charge on any atom is -0.301 e. The maximum absolute atomic E-state index is 13.6. The quantitative estimate of drug-likeness (QED) is 0.840. The number of aliphatic imine (C=N–C) groups is 1. The largest absolute Gasteiger partial charge is 0.301 e. The molecule has 0 aromatic heterocycles. The molecule has 1 aromatic rings. The normalized spacial score (nSPS) is 23.3. The molecular weight excluding hydrogens is 306 g/mol. The number of nitrogens with zero attached hydrogens (tertiary/aromatic N) is 1. The Hall–Kier alpha value is -1.69. The van der Waals surface area contributed by atoms with Crippen LogP contribution in [-0.2, 0) is 4.79 Å². The molecule has 1 saturated carbocycles. The molecule has 3 nitrogen and oxygen atoms in total. The second-order valence-corrected chi connectivity index (χ2v) is 6.46. The summed E-state index contributed by atoms with van der Waals surface area (Å²) in [5.74, 6) is -1.72. The Morgan fingerprint density at radius 2 is 1.86 bits per heavy atom. The van der Waals surface area contributed by atoms with Gasteiger partial charge in [0, 0.05) is 5.56 Å². The molecule has 1 amide bonds. The molecule has 1 aromatic carbocycles. The Bertz CT molecular complexity index is 631. The van der Waals surface area contributed by atoms with E-state index in [0.29, 0.717) is 5.17 Å². The second kappa shape index (κ2) is 6.60. The van der Waals surface area contributed by atoms with Crippen LogP contribution in [0.1, 0.15) is 37.7 Å². The van der Waals surface area contributed by atoms with Crippen molar-refractivity contribution in [3.8, 4) is 0 Å². The average Bonchev–Trinajstić information content (AvgIpc) is 2.84. The van der Waals surface area contributed by atoms with E-state index in [1.165, 1.54) is 30.7 Å². The van der Waals surface area contributed by atoms with Crippen LogP contribution in [0.25, 0.3) is 6.08 Å². The van der Waals surface area contributed by atoms with Gasteiger partial charge in [-0.15, -0.1) is 0 Å². The number of thioether (sulfide) groups is 1. The molecule has 0 bridgehead atoms. The summed E-state index contributed by atoms with van der Waals surface area (Å²) >= 11 is 1.14. The number of hydrogen-bond acceptors (Lipinski definition) is 3. The predicted molar refractivity (Wildman–Crippen MR) is 84.4 cm³/mol. The molecule has 3 rings (SSSR count). The van der Waals surface area contributed by atoms with Crippen LogP contribution >= 0.6 is 11.8 Å². The molecule has 0 spiro atoms. The number of amidine groups is 1. The van der Waals surface area contributed by atoms with E-state index in [4.69, 9.17) is 0 Å². The van der Waals surface area contributed by atoms with Crippen molar-refractivity contribution in [2.45, 2.75) is 38.1 Å². The number of nitrogens with one attached hydrogen (secondary N) is 1. The van der Waals surface area contributed by atoms with Gasteiger partial charge in [0.15, 0.2) is 5.17 Å². The summed E-state index contributed by atoms with van der Waals surface area (Å²) in [5, 5.41) is 3.20. The maximum atomic E-state index is 13.6. The first kappa shape index (κ1) is 15.2. The first-order valence-corrected chi connectivity index (χ1v) is 8.18. The summed E-state index contributed by atoms with van der Waals surface area (Å²) in [5.41, 5.74) is -0.195. The molecule has 116 valence electrons. The van der Waals surface area contributed by atoms with Gasteiger partial charge in [-0.2, -0.15) is 0 Å². The van der Waals surface area contributed by atoms with E-state index in [2.05, 4.69) is 10.3 Å². The maximum Gasteiger partial charge on any atom is 0.264 e. The highest BCUT2D eigenvalue weighted by molar-refractivity contribution is 8.18.